The van der Waals surface area contributed by atoms with Gasteiger partial charge in [0.05, 0.1) is 12.7 Å². The van der Waals surface area contributed by atoms with Gasteiger partial charge in [-0.1, -0.05) is 0 Å². The molecule has 0 radical (unpaired) electrons. The van der Waals surface area contributed by atoms with E-state index in [2.05, 4.69) is 14.9 Å². The Kier molecular flexibility index (Phi) is 4.18. The Morgan fingerprint density at radius 1 is 1.11 bits per heavy atom. The van der Waals surface area contributed by atoms with Crippen LogP contribution in [0.2, 0.25) is 0 Å². The Hall–Kier alpha value is -2.70. The molecule has 7 nitrogen and oxygen atoms in total. The lowest BCUT2D eigenvalue weighted by molar-refractivity contribution is 0.0782. The van der Waals surface area contributed by atoms with Crippen LogP contribution in [0.25, 0.3) is 0 Å². The highest BCUT2D eigenvalue weighted by Crippen LogP contribution is 2.37. The molecule has 2 aliphatic heterocycles. The van der Waals surface area contributed by atoms with Crippen LogP contribution in [-0.2, 0) is 12.8 Å². The highest BCUT2D eigenvalue weighted by Gasteiger charge is 2.43. The summed E-state index contributed by atoms with van der Waals surface area (Å²) in [6.45, 7) is 5.54. The van der Waals surface area contributed by atoms with Crippen LogP contribution in [0.3, 0.4) is 0 Å². The average Bonchev–Trinajstić information content (AvgIpc) is 3.41. The number of amides is 1. The second kappa shape index (κ2) is 6.72. The fourth-order valence-corrected chi connectivity index (χ4v) is 4.94. The molecule has 4 heterocycles. The van der Waals surface area contributed by atoms with Crippen LogP contribution in [0.15, 0.2) is 18.3 Å². The van der Waals surface area contributed by atoms with E-state index in [0.717, 1.165) is 50.7 Å². The van der Waals surface area contributed by atoms with Crippen LogP contribution in [0.4, 0.5) is 5.82 Å². The van der Waals surface area contributed by atoms with Gasteiger partial charge in [0.1, 0.15) is 11.6 Å². The van der Waals surface area contributed by atoms with Crippen molar-refractivity contribution in [2.75, 3.05) is 38.2 Å². The Morgan fingerprint density at radius 2 is 1.89 bits per heavy atom. The predicted octanol–water partition coefficient (Wildman–Crippen LogP) is 1.89. The van der Waals surface area contributed by atoms with Gasteiger partial charge in [-0.25, -0.2) is 15.0 Å². The zero-order valence-corrected chi connectivity index (χ0v) is 16.4. The first-order chi connectivity index (χ1) is 13.6. The number of fused-ring (bicyclic) bond motifs is 2. The van der Waals surface area contributed by atoms with E-state index in [9.17, 15) is 4.79 Å². The Morgan fingerprint density at radius 3 is 2.57 bits per heavy atom. The van der Waals surface area contributed by atoms with Crippen molar-refractivity contribution in [2.24, 2.45) is 11.8 Å². The number of ether oxygens (including phenoxy) is 1. The summed E-state index contributed by atoms with van der Waals surface area (Å²) in [5.74, 6) is 3.61. The molecule has 2 atom stereocenters. The second-order valence-electron chi connectivity index (χ2n) is 8.10. The van der Waals surface area contributed by atoms with Crippen molar-refractivity contribution in [3.05, 3.63) is 41.0 Å². The molecule has 0 bridgehead atoms. The van der Waals surface area contributed by atoms with E-state index in [1.54, 1.807) is 25.4 Å². The summed E-state index contributed by atoms with van der Waals surface area (Å²) in [6, 6.07) is 3.53. The SMILES string of the molecule is COc1ccc(C(=O)N2CC3CN(c4nc(C)nc5c4CCC5)CC3C2)cn1. The molecular formula is C21H25N5O2. The van der Waals surface area contributed by atoms with E-state index < -0.39 is 0 Å². The van der Waals surface area contributed by atoms with Gasteiger partial charge in [-0.05, 0) is 32.3 Å². The maximum absolute atomic E-state index is 12.8. The zero-order valence-electron chi connectivity index (χ0n) is 16.4. The number of rotatable bonds is 3. The van der Waals surface area contributed by atoms with Crippen molar-refractivity contribution >= 4 is 11.7 Å². The third kappa shape index (κ3) is 2.89. The predicted molar refractivity (Wildman–Crippen MR) is 105 cm³/mol. The first kappa shape index (κ1) is 17.4. The second-order valence-corrected chi connectivity index (χ2v) is 8.10. The summed E-state index contributed by atoms with van der Waals surface area (Å²) >= 11 is 0. The molecule has 0 saturated carbocycles. The van der Waals surface area contributed by atoms with Crippen LogP contribution < -0.4 is 9.64 Å². The van der Waals surface area contributed by atoms with Gasteiger partial charge in [0.2, 0.25) is 5.88 Å². The van der Waals surface area contributed by atoms with Crippen LogP contribution in [0.5, 0.6) is 5.88 Å². The van der Waals surface area contributed by atoms with Gasteiger partial charge < -0.3 is 14.5 Å². The average molecular weight is 379 g/mol. The van der Waals surface area contributed by atoms with Crippen molar-refractivity contribution in [3.8, 4) is 5.88 Å². The van der Waals surface area contributed by atoms with E-state index in [4.69, 9.17) is 9.72 Å². The Balaban J connectivity index is 1.28. The largest absolute Gasteiger partial charge is 0.481 e. The molecule has 1 amide bonds. The molecule has 2 unspecified atom stereocenters. The van der Waals surface area contributed by atoms with E-state index >= 15 is 0 Å². The van der Waals surface area contributed by atoms with Gasteiger partial charge in [-0.3, -0.25) is 4.79 Å². The minimum Gasteiger partial charge on any atom is -0.481 e. The fourth-order valence-electron chi connectivity index (χ4n) is 4.94. The van der Waals surface area contributed by atoms with E-state index in [1.165, 1.54) is 17.7 Å². The molecule has 0 spiro atoms. The number of hydrogen-bond acceptors (Lipinski definition) is 6. The summed E-state index contributed by atoms with van der Waals surface area (Å²) in [5.41, 5.74) is 3.22. The van der Waals surface area contributed by atoms with Crippen molar-refractivity contribution in [1.82, 2.24) is 19.9 Å². The number of aryl methyl sites for hydroxylation is 2. The van der Waals surface area contributed by atoms with Gasteiger partial charge in [-0.15, -0.1) is 0 Å². The number of methoxy groups -OCH3 is 1. The Labute approximate surface area is 164 Å². The first-order valence-electron chi connectivity index (χ1n) is 10.0. The maximum Gasteiger partial charge on any atom is 0.255 e. The van der Waals surface area contributed by atoms with Crippen LogP contribution in [0, 0.1) is 18.8 Å². The lowest BCUT2D eigenvalue weighted by atomic mass is 10.0. The highest BCUT2D eigenvalue weighted by molar-refractivity contribution is 5.94. The van der Waals surface area contributed by atoms with Gasteiger partial charge in [0.25, 0.3) is 5.91 Å². The van der Waals surface area contributed by atoms with Crippen molar-refractivity contribution in [3.63, 3.8) is 0 Å². The molecule has 1 aliphatic carbocycles. The van der Waals surface area contributed by atoms with Crippen molar-refractivity contribution in [2.45, 2.75) is 26.2 Å². The summed E-state index contributed by atoms with van der Waals surface area (Å²) < 4.78 is 5.08. The number of nitrogens with zero attached hydrogens (tertiary/aromatic N) is 5. The molecule has 2 fully saturated rings. The lowest BCUT2D eigenvalue weighted by Crippen LogP contribution is -2.34. The van der Waals surface area contributed by atoms with Gasteiger partial charge in [0, 0.05) is 61.5 Å². The number of likely N-dealkylation sites (tertiary alicyclic amines) is 1. The van der Waals surface area contributed by atoms with Crippen LogP contribution in [0.1, 0.15) is 33.9 Å². The molecule has 5 rings (SSSR count). The lowest BCUT2D eigenvalue weighted by Gasteiger charge is -2.24. The molecule has 3 aliphatic rings. The highest BCUT2D eigenvalue weighted by atomic mass is 16.5. The zero-order chi connectivity index (χ0) is 19.3. The maximum atomic E-state index is 12.8. The van der Waals surface area contributed by atoms with Gasteiger partial charge in [0.15, 0.2) is 0 Å². The fraction of sp³-hybridized carbons (Fsp3) is 0.524. The van der Waals surface area contributed by atoms with E-state index in [1.807, 2.05) is 11.8 Å². The first-order valence-corrected chi connectivity index (χ1v) is 10.0. The number of carbonyl (C=O) groups is 1. The molecule has 0 N–H and O–H groups in total. The smallest absolute Gasteiger partial charge is 0.255 e. The normalized spacial score (nSPS) is 23.1. The number of hydrogen-bond donors (Lipinski definition) is 0. The van der Waals surface area contributed by atoms with Gasteiger partial charge in [-0.2, -0.15) is 0 Å². The number of aromatic nitrogens is 3. The molecule has 146 valence electrons. The molecule has 2 aromatic heterocycles. The van der Waals surface area contributed by atoms with E-state index in [-0.39, 0.29) is 5.91 Å². The standard InChI is InChI=1S/C21H25N5O2/c1-13-23-18-5-3-4-17(18)20(24-13)25-9-15-11-26(12-16(15)10-25)21(27)14-6-7-19(28-2)22-8-14/h6-8,15-16H,3-5,9-12H2,1-2H3. The number of pyridine rings is 1. The molecule has 0 aromatic carbocycles. The Bertz CT molecular complexity index is 900. The quantitative estimate of drug-likeness (QED) is 0.811. The molecule has 2 aromatic rings. The van der Waals surface area contributed by atoms with Crippen LogP contribution in [-0.4, -0.2) is 59.0 Å². The summed E-state index contributed by atoms with van der Waals surface area (Å²) in [7, 11) is 1.58. The van der Waals surface area contributed by atoms with Crippen molar-refractivity contribution < 1.29 is 9.53 Å². The minimum atomic E-state index is 0.0647. The molecule has 28 heavy (non-hydrogen) atoms. The molecule has 2 saturated heterocycles. The van der Waals surface area contributed by atoms with Crippen molar-refractivity contribution in [1.29, 1.82) is 0 Å². The monoisotopic (exact) mass is 379 g/mol. The molecule has 7 heteroatoms. The third-order valence-electron chi connectivity index (χ3n) is 6.29. The minimum absolute atomic E-state index is 0.0647. The van der Waals surface area contributed by atoms with E-state index in [0.29, 0.717) is 23.3 Å². The number of anilines is 1. The number of carbonyl (C=O) groups excluding carboxylic acids is 1. The summed E-state index contributed by atoms with van der Waals surface area (Å²) in [5, 5.41) is 0. The van der Waals surface area contributed by atoms with Crippen LogP contribution >= 0.6 is 0 Å². The third-order valence-corrected chi connectivity index (χ3v) is 6.29. The van der Waals surface area contributed by atoms with Gasteiger partial charge >= 0.3 is 0 Å². The summed E-state index contributed by atoms with van der Waals surface area (Å²) in [4.78, 5) is 30.8. The molecular weight excluding hydrogens is 354 g/mol. The topological polar surface area (TPSA) is 71.5 Å². The summed E-state index contributed by atoms with van der Waals surface area (Å²) in [6.07, 6.45) is 4.95.